The van der Waals surface area contributed by atoms with E-state index < -0.39 is 0 Å². The van der Waals surface area contributed by atoms with E-state index in [1.165, 1.54) is 23.5 Å². The van der Waals surface area contributed by atoms with Gasteiger partial charge in [0.15, 0.2) is 17.0 Å². The number of fused-ring (bicyclic) bond motifs is 2. The summed E-state index contributed by atoms with van der Waals surface area (Å²) in [7, 11) is 0. The Kier molecular flexibility index (Phi) is 4.72. The summed E-state index contributed by atoms with van der Waals surface area (Å²) in [6.07, 6.45) is 6.30. The monoisotopic (exact) mass is 348 g/mol. The Bertz CT molecular complexity index is 1030. The third-order valence-corrected chi connectivity index (χ3v) is 5.03. The van der Waals surface area contributed by atoms with E-state index in [-0.39, 0.29) is 17.0 Å². The molecule has 2 aromatic carbocycles. The SMILES string of the molecule is C/C=C/C(=O)c1ccc2sc3ccc(C(=O)/C=C/C)cc3c(=O)c2c1. The zero-order valence-electron chi connectivity index (χ0n) is 13.9. The van der Waals surface area contributed by atoms with Gasteiger partial charge < -0.3 is 0 Å². The van der Waals surface area contributed by atoms with Crippen molar-refractivity contribution in [2.45, 2.75) is 13.8 Å². The first-order valence-electron chi connectivity index (χ1n) is 7.90. The summed E-state index contributed by atoms with van der Waals surface area (Å²) < 4.78 is 1.64. The van der Waals surface area contributed by atoms with E-state index in [2.05, 4.69) is 0 Å². The zero-order chi connectivity index (χ0) is 18.0. The van der Waals surface area contributed by atoms with Crippen molar-refractivity contribution in [2.24, 2.45) is 0 Å². The highest BCUT2D eigenvalue weighted by Gasteiger charge is 2.11. The minimum Gasteiger partial charge on any atom is -0.289 e. The van der Waals surface area contributed by atoms with E-state index in [1.54, 1.807) is 62.4 Å². The summed E-state index contributed by atoms with van der Waals surface area (Å²) in [4.78, 5) is 37.0. The van der Waals surface area contributed by atoms with Gasteiger partial charge in [-0.15, -0.1) is 11.3 Å². The topological polar surface area (TPSA) is 51.2 Å². The molecule has 0 saturated carbocycles. The molecule has 0 aliphatic rings. The summed E-state index contributed by atoms with van der Waals surface area (Å²) in [6.45, 7) is 3.55. The molecule has 0 unspecified atom stereocenters. The van der Waals surface area contributed by atoms with Gasteiger partial charge in [-0.05, 0) is 62.4 Å². The van der Waals surface area contributed by atoms with Crippen LogP contribution < -0.4 is 5.43 Å². The van der Waals surface area contributed by atoms with Crippen molar-refractivity contribution in [3.8, 4) is 0 Å². The maximum atomic E-state index is 12.9. The molecule has 3 aromatic rings. The van der Waals surface area contributed by atoms with Crippen molar-refractivity contribution < 1.29 is 9.59 Å². The van der Waals surface area contributed by atoms with Gasteiger partial charge in [0.05, 0.1) is 0 Å². The standard InChI is InChI=1S/C21H16O3S/c1-3-5-17(22)13-7-9-19-15(11-13)21(24)16-12-14(18(23)6-4-2)8-10-20(16)25-19/h3-12H,1-2H3/b5-3+,6-4+. The molecular weight excluding hydrogens is 332 g/mol. The van der Waals surface area contributed by atoms with Crippen LogP contribution in [0.2, 0.25) is 0 Å². The largest absolute Gasteiger partial charge is 0.289 e. The number of hydrogen-bond acceptors (Lipinski definition) is 4. The number of allylic oxidation sites excluding steroid dienone is 4. The summed E-state index contributed by atoms with van der Waals surface area (Å²) in [5.41, 5.74) is 0.805. The maximum Gasteiger partial charge on any atom is 0.195 e. The third kappa shape index (κ3) is 3.21. The van der Waals surface area contributed by atoms with Crippen LogP contribution in [-0.2, 0) is 0 Å². The Labute approximate surface area is 148 Å². The number of rotatable bonds is 4. The van der Waals surface area contributed by atoms with Crippen molar-refractivity contribution in [3.63, 3.8) is 0 Å². The fraction of sp³-hybridized carbons (Fsp3) is 0.0952. The summed E-state index contributed by atoms with van der Waals surface area (Å²) in [5, 5.41) is 1.01. The van der Waals surface area contributed by atoms with E-state index in [4.69, 9.17) is 0 Å². The second-order valence-electron chi connectivity index (χ2n) is 5.58. The molecule has 3 rings (SSSR count). The minimum atomic E-state index is -0.158. The lowest BCUT2D eigenvalue weighted by Gasteiger charge is -2.04. The van der Waals surface area contributed by atoms with Crippen LogP contribution in [0.25, 0.3) is 20.2 Å². The highest BCUT2D eigenvalue weighted by molar-refractivity contribution is 7.24. The lowest BCUT2D eigenvalue weighted by Crippen LogP contribution is -2.04. The molecule has 0 bridgehead atoms. The van der Waals surface area contributed by atoms with E-state index in [1.807, 2.05) is 0 Å². The second-order valence-corrected chi connectivity index (χ2v) is 6.67. The van der Waals surface area contributed by atoms with E-state index in [0.29, 0.717) is 21.9 Å². The highest BCUT2D eigenvalue weighted by atomic mass is 32.1. The first kappa shape index (κ1) is 17.0. The van der Waals surface area contributed by atoms with Crippen LogP contribution in [0.1, 0.15) is 34.6 Å². The summed E-state index contributed by atoms with van der Waals surface area (Å²) in [5.74, 6) is -0.267. The van der Waals surface area contributed by atoms with Crippen LogP contribution in [0.4, 0.5) is 0 Å². The van der Waals surface area contributed by atoms with Gasteiger partial charge in [-0.2, -0.15) is 0 Å². The van der Waals surface area contributed by atoms with Crippen LogP contribution in [0.5, 0.6) is 0 Å². The van der Waals surface area contributed by atoms with Gasteiger partial charge >= 0.3 is 0 Å². The van der Waals surface area contributed by atoms with Gasteiger partial charge in [-0.1, -0.05) is 12.2 Å². The zero-order valence-corrected chi connectivity index (χ0v) is 14.7. The Morgan fingerprint density at radius 1 is 0.800 bits per heavy atom. The minimum absolute atomic E-state index is 0.133. The Morgan fingerprint density at radius 2 is 1.24 bits per heavy atom. The number of hydrogen-bond donors (Lipinski definition) is 0. The number of carbonyl (C=O) groups excluding carboxylic acids is 2. The quantitative estimate of drug-likeness (QED) is 0.381. The lowest BCUT2D eigenvalue weighted by molar-refractivity contribution is 0.103. The van der Waals surface area contributed by atoms with Crippen molar-refractivity contribution in [2.75, 3.05) is 0 Å². The predicted octanol–water partition coefficient (Wildman–Crippen LogP) is 4.93. The molecule has 0 atom stereocenters. The molecule has 0 N–H and O–H groups in total. The smallest absolute Gasteiger partial charge is 0.195 e. The summed E-state index contributed by atoms with van der Waals surface area (Å²) in [6, 6.07) is 10.3. The Morgan fingerprint density at radius 3 is 1.64 bits per heavy atom. The van der Waals surface area contributed by atoms with Crippen LogP contribution in [0.3, 0.4) is 0 Å². The molecule has 0 aliphatic carbocycles. The average Bonchev–Trinajstić information content (AvgIpc) is 2.62. The predicted molar refractivity (Wildman–Crippen MR) is 104 cm³/mol. The lowest BCUT2D eigenvalue weighted by atomic mass is 10.0. The van der Waals surface area contributed by atoms with Crippen molar-refractivity contribution in [3.05, 3.63) is 82.1 Å². The van der Waals surface area contributed by atoms with Crippen molar-refractivity contribution >= 4 is 43.1 Å². The van der Waals surface area contributed by atoms with E-state index >= 15 is 0 Å². The molecule has 0 spiro atoms. The first-order chi connectivity index (χ1) is 12.0. The molecule has 0 aliphatic heterocycles. The van der Waals surface area contributed by atoms with Gasteiger partial charge in [0.25, 0.3) is 0 Å². The number of carbonyl (C=O) groups is 2. The fourth-order valence-electron chi connectivity index (χ4n) is 2.66. The molecule has 0 radical (unpaired) electrons. The third-order valence-electron chi connectivity index (χ3n) is 3.87. The number of ketones is 2. The molecule has 4 heteroatoms. The van der Waals surface area contributed by atoms with Gasteiger partial charge in [0, 0.05) is 31.3 Å². The normalized spacial score (nSPS) is 11.8. The molecule has 1 aromatic heterocycles. The summed E-state index contributed by atoms with van der Waals surface area (Å²) >= 11 is 1.47. The molecule has 0 saturated heterocycles. The maximum absolute atomic E-state index is 12.9. The van der Waals surface area contributed by atoms with Gasteiger partial charge in [-0.25, -0.2) is 0 Å². The molecule has 3 nitrogen and oxygen atoms in total. The van der Waals surface area contributed by atoms with E-state index in [9.17, 15) is 14.4 Å². The Balaban J connectivity index is 2.26. The fourth-order valence-corrected chi connectivity index (χ4v) is 3.69. The molecular formula is C21H16O3S. The molecule has 0 fully saturated rings. The van der Waals surface area contributed by atoms with Crippen LogP contribution in [-0.4, -0.2) is 11.6 Å². The average molecular weight is 348 g/mol. The Hall–Kier alpha value is -2.85. The van der Waals surface area contributed by atoms with Crippen LogP contribution >= 0.6 is 11.3 Å². The molecule has 124 valence electrons. The van der Waals surface area contributed by atoms with Crippen molar-refractivity contribution in [1.82, 2.24) is 0 Å². The molecule has 1 heterocycles. The number of benzene rings is 2. The van der Waals surface area contributed by atoms with Gasteiger partial charge in [-0.3, -0.25) is 14.4 Å². The van der Waals surface area contributed by atoms with E-state index in [0.717, 1.165) is 9.40 Å². The van der Waals surface area contributed by atoms with Gasteiger partial charge in [0.1, 0.15) is 0 Å². The van der Waals surface area contributed by atoms with Crippen LogP contribution in [0.15, 0.2) is 65.5 Å². The van der Waals surface area contributed by atoms with Gasteiger partial charge in [0.2, 0.25) is 0 Å². The molecule has 25 heavy (non-hydrogen) atoms. The highest BCUT2D eigenvalue weighted by Crippen LogP contribution is 2.26. The second kappa shape index (κ2) is 6.95. The first-order valence-corrected chi connectivity index (χ1v) is 8.71. The molecule has 0 amide bonds. The van der Waals surface area contributed by atoms with Crippen molar-refractivity contribution in [1.29, 1.82) is 0 Å². The van der Waals surface area contributed by atoms with Crippen LogP contribution in [0, 0.1) is 0 Å².